The summed E-state index contributed by atoms with van der Waals surface area (Å²) in [5.41, 5.74) is 5.14. The number of benzene rings is 2. The highest BCUT2D eigenvalue weighted by molar-refractivity contribution is 9.10. The number of thioether (sulfide) groups is 1. The van der Waals surface area contributed by atoms with Crippen molar-refractivity contribution in [1.82, 2.24) is 25.2 Å². The van der Waals surface area contributed by atoms with Crippen LogP contribution in [0.1, 0.15) is 5.56 Å². The number of rotatable bonds is 7. The summed E-state index contributed by atoms with van der Waals surface area (Å²) < 4.78 is 3.82. The third-order valence-electron chi connectivity index (χ3n) is 4.22. The van der Waals surface area contributed by atoms with E-state index in [0.717, 1.165) is 25.8 Å². The van der Waals surface area contributed by atoms with Crippen molar-refractivity contribution in [2.75, 3.05) is 5.75 Å². The summed E-state index contributed by atoms with van der Waals surface area (Å²) >= 11 is 8.15. The molecule has 1 amide bonds. The lowest BCUT2D eigenvalue weighted by atomic mass is 10.2. The van der Waals surface area contributed by atoms with E-state index in [1.807, 2.05) is 65.2 Å². The zero-order valence-electron chi connectivity index (χ0n) is 16.5. The first-order valence-corrected chi connectivity index (χ1v) is 12.0. The standard InChI is InChI=1S/C22H16Br2N6OS/c23-17-6-8-19(9-7-17)30-21(16-4-2-10-25-13-16)28-29-22(30)32-14-20(31)27-26-12-15-3-1-5-18(24)11-15/h1-13H,14H2,(H,27,31). The molecular weight excluding hydrogens is 556 g/mol. The number of carbonyl (C=O) groups excluding carboxylic acids is 1. The summed E-state index contributed by atoms with van der Waals surface area (Å²) in [5.74, 6) is 0.544. The van der Waals surface area contributed by atoms with Crippen LogP contribution >= 0.6 is 43.6 Å². The third-order valence-corrected chi connectivity index (χ3v) is 6.17. The average Bonchev–Trinajstić information content (AvgIpc) is 3.23. The Hall–Kier alpha value is -2.82. The van der Waals surface area contributed by atoms with Crippen molar-refractivity contribution in [3.63, 3.8) is 0 Å². The van der Waals surface area contributed by atoms with E-state index >= 15 is 0 Å². The van der Waals surface area contributed by atoms with Crippen LogP contribution in [0.25, 0.3) is 17.1 Å². The third kappa shape index (κ3) is 5.70. The summed E-state index contributed by atoms with van der Waals surface area (Å²) in [6, 6.07) is 19.2. The minimum atomic E-state index is -0.241. The first kappa shape index (κ1) is 22.4. The molecule has 4 rings (SSSR count). The molecule has 0 saturated heterocycles. The molecule has 0 bridgehead atoms. The van der Waals surface area contributed by atoms with Gasteiger partial charge in [-0.05, 0) is 54.1 Å². The zero-order chi connectivity index (χ0) is 22.3. The maximum atomic E-state index is 12.3. The number of nitrogens with one attached hydrogen (secondary N) is 1. The maximum absolute atomic E-state index is 12.3. The topological polar surface area (TPSA) is 85.1 Å². The SMILES string of the molecule is O=C(CSc1nnc(-c2cccnc2)n1-c1ccc(Br)cc1)NN=Cc1cccc(Br)c1. The molecule has 2 aromatic carbocycles. The molecule has 0 radical (unpaired) electrons. The quantitative estimate of drug-likeness (QED) is 0.189. The van der Waals surface area contributed by atoms with Gasteiger partial charge in [-0.25, -0.2) is 5.43 Å². The molecule has 4 aromatic rings. The Bertz CT molecular complexity index is 1250. The van der Waals surface area contributed by atoms with Gasteiger partial charge < -0.3 is 0 Å². The normalized spacial score (nSPS) is 11.1. The highest BCUT2D eigenvalue weighted by Gasteiger charge is 2.17. The monoisotopic (exact) mass is 570 g/mol. The number of carbonyl (C=O) groups is 1. The number of hydrazone groups is 1. The number of hydrogen-bond donors (Lipinski definition) is 1. The van der Waals surface area contributed by atoms with Gasteiger partial charge in [-0.3, -0.25) is 14.3 Å². The van der Waals surface area contributed by atoms with Crippen LogP contribution in [0.2, 0.25) is 0 Å². The molecule has 10 heteroatoms. The Morgan fingerprint density at radius 2 is 1.91 bits per heavy atom. The molecule has 2 heterocycles. The van der Waals surface area contributed by atoms with E-state index in [1.165, 1.54) is 11.8 Å². The summed E-state index contributed by atoms with van der Waals surface area (Å²) in [6.07, 6.45) is 5.04. The van der Waals surface area contributed by atoms with Gasteiger partial charge >= 0.3 is 0 Å². The van der Waals surface area contributed by atoms with Crippen LogP contribution in [-0.2, 0) is 4.79 Å². The summed E-state index contributed by atoms with van der Waals surface area (Å²) in [5, 5.41) is 13.3. The van der Waals surface area contributed by atoms with Gasteiger partial charge in [0.25, 0.3) is 5.91 Å². The molecule has 32 heavy (non-hydrogen) atoms. The van der Waals surface area contributed by atoms with Gasteiger partial charge in [0.1, 0.15) is 0 Å². The van der Waals surface area contributed by atoms with Gasteiger partial charge in [0.2, 0.25) is 0 Å². The molecular formula is C22H16Br2N6OS. The van der Waals surface area contributed by atoms with Crippen molar-refractivity contribution in [1.29, 1.82) is 0 Å². The fraction of sp³-hybridized carbons (Fsp3) is 0.0455. The van der Waals surface area contributed by atoms with Crippen molar-refractivity contribution < 1.29 is 4.79 Å². The number of amides is 1. The van der Waals surface area contributed by atoms with Gasteiger partial charge in [-0.1, -0.05) is 55.8 Å². The molecule has 0 unspecified atom stereocenters. The van der Waals surface area contributed by atoms with Crippen molar-refractivity contribution in [3.8, 4) is 17.1 Å². The predicted octanol–water partition coefficient (Wildman–Crippen LogP) is 5.10. The second-order valence-corrected chi connectivity index (χ2v) is 9.27. The van der Waals surface area contributed by atoms with Crippen LogP contribution < -0.4 is 5.43 Å². The number of pyridine rings is 1. The van der Waals surface area contributed by atoms with Crippen molar-refractivity contribution in [2.45, 2.75) is 5.16 Å². The number of aromatic nitrogens is 4. The van der Waals surface area contributed by atoms with E-state index in [9.17, 15) is 4.79 Å². The number of nitrogens with zero attached hydrogens (tertiary/aromatic N) is 5. The van der Waals surface area contributed by atoms with E-state index in [4.69, 9.17) is 0 Å². The summed E-state index contributed by atoms with van der Waals surface area (Å²) in [6.45, 7) is 0. The van der Waals surface area contributed by atoms with E-state index < -0.39 is 0 Å². The fourth-order valence-electron chi connectivity index (χ4n) is 2.80. The molecule has 160 valence electrons. The van der Waals surface area contributed by atoms with E-state index in [1.54, 1.807) is 18.6 Å². The molecule has 0 fully saturated rings. The van der Waals surface area contributed by atoms with Crippen LogP contribution in [0.4, 0.5) is 0 Å². The van der Waals surface area contributed by atoms with Crippen LogP contribution in [0, 0.1) is 0 Å². The summed E-state index contributed by atoms with van der Waals surface area (Å²) in [7, 11) is 0. The van der Waals surface area contributed by atoms with Crippen molar-refractivity contribution in [3.05, 3.63) is 87.6 Å². The zero-order valence-corrected chi connectivity index (χ0v) is 20.5. The molecule has 7 nitrogen and oxygen atoms in total. The lowest BCUT2D eigenvalue weighted by Crippen LogP contribution is -2.20. The van der Waals surface area contributed by atoms with Crippen LogP contribution in [-0.4, -0.2) is 37.6 Å². The lowest BCUT2D eigenvalue weighted by Gasteiger charge is -2.10. The lowest BCUT2D eigenvalue weighted by molar-refractivity contribution is -0.118. The molecule has 0 aliphatic heterocycles. The molecule has 0 saturated carbocycles. The second kappa shape index (κ2) is 10.7. The molecule has 0 atom stereocenters. The Morgan fingerprint density at radius 1 is 1.06 bits per heavy atom. The van der Waals surface area contributed by atoms with Crippen molar-refractivity contribution in [2.24, 2.45) is 5.10 Å². The second-order valence-electron chi connectivity index (χ2n) is 6.50. The molecule has 0 aliphatic rings. The van der Waals surface area contributed by atoms with Gasteiger partial charge in [0.15, 0.2) is 11.0 Å². The average molecular weight is 572 g/mol. The summed E-state index contributed by atoms with van der Waals surface area (Å²) in [4.78, 5) is 16.5. The highest BCUT2D eigenvalue weighted by atomic mass is 79.9. The van der Waals surface area contributed by atoms with Crippen LogP contribution in [0.5, 0.6) is 0 Å². The van der Waals surface area contributed by atoms with Gasteiger partial charge in [-0.2, -0.15) is 5.10 Å². The number of halogens is 2. The molecule has 0 aliphatic carbocycles. The first-order chi connectivity index (χ1) is 15.6. The van der Waals surface area contributed by atoms with E-state index in [2.05, 4.69) is 57.6 Å². The highest BCUT2D eigenvalue weighted by Crippen LogP contribution is 2.28. The van der Waals surface area contributed by atoms with Gasteiger partial charge in [0, 0.05) is 32.6 Å². The largest absolute Gasteiger partial charge is 0.272 e. The smallest absolute Gasteiger partial charge is 0.250 e. The fourth-order valence-corrected chi connectivity index (χ4v) is 4.22. The Morgan fingerprint density at radius 3 is 2.66 bits per heavy atom. The van der Waals surface area contributed by atoms with Crippen LogP contribution in [0.3, 0.4) is 0 Å². The van der Waals surface area contributed by atoms with Crippen LogP contribution in [0.15, 0.2) is 92.3 Å². The Balaban J connectivity index is 1.50. The minimum absolute atomic E-state index is 0.136. The predicted molar refractivity (Wildman–Crippen MR) is 133 cm³/mol. The number of hydrogen-bond acceptors (Lipinski definition) is 6. The maximum Gasteiger partial charge on any atom is 0.250 e. The first-order valence-electron chi connectivity index (χ1n) is 9.42. The molecule has 0 spiro atoms. The Kier molecular flexibility index (Phi) is 7.46. The minimum Gasteiger partial charge on any atom is -0.272 e. The van der Waals surface area contributed by atoms with E-state index in [-0.39, 0.29) is 11.7 Å². The molecule has 1 N–H and O–H groups in total. The molecule has 2 aromatic heterocycles. The Labute approximate surface area is 205 Å². The van der Waals surface area contributed by atoms with E-state index in [0.29, 0.717) is 11.0 Å². The van der Waals surface area contributed by atoms with Crippen molar-refractivity contribution >= 4 is 55.7 Å². The van der Waals surface area contributed by atoms with Gasteiger partial charge in [0.05, 0.1) is 12.0 Å². The van der Waals surface area contributed by atoms with Gasteiger partial charge in [-0.15, -0.1) is 10.2 Å².